The van der Waals surface area contributed by atoms with Gasteiger partial charge in [0.25, 0.3) is 0 Å². The van der Waals surface area contributed by atoms with Gasteiger partial charge in [-0.15, -0.1) is 0 Å². The van der Waals surface area contributed by atoms with Crippen LogP contribution in [0.5, 0.6) is 0 Å². The lowest BCUT2D eigenvalue weighted by Crippen LogP contribution is -2.47. The van der Waals surface area contributed by atoms with Crippen molar-refractivity contribution >= 4 is 23.8 Å². The van der Waals surface area contributed by atoms with Gasteiger partial charge in [0.15, 0.2) is 0 Å². The summed E-state index contributed by atoms with van der Waals surface area (Å²) in [6.45, 7) is 12.3. The molecule has 0 N–H and O–H groups in total. The number of nitrogens with zero attached hydrogens (tertiary/aromatic N) is 2. The van der Waals surface area contributed by atoms with Crippen LogP contribution in [0.4, 0.5) is 9.59 Å². The molecule has 8 heteroatoms. The van der Waals surface area contributed by atoms with E-state index >= 15 is 0 Å². The summed E-state index contributed by atoms with van der Waals surface area (Å²) in [5, 5.41) is 0. The standard InChI is InChI=1S/C22H36N2O6/c1-15-13-23(11-8-17(15)25)20(28)30-22(5,6)10-7-16-14-24(12-9-18(16)26)19(27)29-21(2,3)4/h15-16H,7-14H2,1-6H3. The Morgan fingerprint density at radius 3 is 2.00 bits per heavy atom. The molecule has 2 aliphatic rings. The minimum atomic E-state index is -0.754. The molecule has 0 saturated carbocycles. The van der Waals surface area contributed by atoms with Crippen LogP contribution in [0.15, 0.2) is 0 Å². The van der Waals surface area contributed by atoms with Gasteiger partial charge in [-0.1, -0.05) is 6.92 Å². The third-order valence-electron chi connectivity index (χ3n) is 5.56. The molecule has 2 saturated heterocycles. The van der Waals surface area contributed by atoms with Crippen LogP contribution in [-0.4, -0.2) is 70.9 Å². The zero-order valence-electron chi connectivity index (χ0n) is 19.2. The van der Waals surface area contributed by atoms with Crippen LogP contribution in [0.1, 0.15) is 67.2 Å². The van der Waals surface area contributed by atoms with Gasteiger partial charge >= 0.3 is 12.2 Å². The SMILES string of the molecule is CC1CN(C(=O)OC(C)(C)CCC2CN(C(=O)OC(C)(C)C)CCC2=O)CCC1=O. The van der Waals surface area contributed by atoms with Gasteiger partial charge in [-0.25, -0.2) is 9.59 Å². The van der Waals surface area contributed by atoms with E-state index in [2.05, 4.69) is 0 Å². The van der Waals surface area contributed by atoms with Crippen molar-refractivity contribution in [3.05, 3.63) is 0 Å². The quantitative estimate of drug-likeness (QED) is 0.686. The van der Waals surface area contributed by atoms with Crippen LogP contribution in [0.25, 0.3) is 0 Å². The van der Waals surface area contributed by atoms with E-state index in [0.29, 0.717) is 51.9 Å². The molecule has 0 aromatic heterocycles. The van der Waals surface area contributed by atoms with Crippen molar-refractivity contribution in [1.29, 1.82) is 0 Å². The van der Waals surface area contributed by atoms with Crippen molar-refractivity contribution in [2.75, 3.05) is 26.2 Å². The Kier molecular flexibility index (Phi) is 7.53. The number of hydrogen-bond donors (Lipinski definition) is 0. The second-order valence-corrected chi connectivity index (χ2v) is 10.1. The number of likely N-dealkylation sites (tertiary alicyclic amines) is 2. The molecule has 0 aliphatic carbocycles. The second kappa shape index (κ2) is 9.35. The maximum Gasteiger partial charge on any atom is 0.410 e. The first-order chi connectivity index (χ1) is 13.8. The minimum absolute atomic E-state index is 0.125. The molecule has 2 rings (SSSR count). The molecule has 2 amide bonds. The fourth-order valence-electron chi connectivity index (χ4n) is 3.71. The van der Waals surface area contributed by atoms with Gasteiger partial charge in [0.1, 0.15) is 22.8 Å². The molecule has 0 bridgehead atoms. The molecular formula is C22H36N2O6. The van der Waals surface area contributed by atoms with E-state index in [1.165, 1.54) is 0 Å². The van der Waals surface area contributed by atoms with Crippen molar-refractivity contribution in [1.82, 2.24) is 9.80 Å². The highest BCUT2D eigenvalue weighted by Crippen LogP contribution is 2.26. The van der Waals surface area contributed by atoms with Crippen molar-refractivity contribution < 1.29 is 28.7 Å². The molecule has 2 fully saturated rings. The lowest BCUT2D eigenvalue weighted by Gasteiger charge is -2.36. The minimum Gasteiger partial charge on any atom is -0.444 e. The Bertz CT molecular complexity index is 682. The van der Waals surface area contributed by atoms with Crippen LogP contribution >= 0.6 is 0 Å². The molecule has 2 unspecified atom stereocenters. The highest BCUT2D eigenvalue weighted by molar-refractivity contribution is 5.84. The van der Waals surface area contributed by atoms with E-state index in [-0.39, 0.29) is 23.4 Å². The summed E-state index contributed by atoms with van der Waals surface area (Å²) in [4.78, 5) is 52.0. The Labute approximate surface area is 179 Å². The Hall–Kier alpha value is -2.12. The number of amides is 2. The lowest BCUT2D eigenvalue weighted by molar-refractivity contribution is -0.126. The first kappa shape index (κ1) is 24.2. The zero-order valence-corrected chi connectivity index (χ0v) is 19.2. The summed E-state index contributed by atoms with van der Waals surface area (Å²) in [5.41, 5.74) is -1.34. The molecule has 0 spiro atoms. The van der Waals surface area contributed by atoms with Gasteiger partial charge in [0.2, 0.25) is 0 Å². The van der Waals surface area contributed by atoms with Crippen LogP contribution < -0.4 is 0 Å². The average Bonchev–Trinajstić information content (AvgIpc) is 2.61. The summed E-state index contributed by atoms with van der Waals surface area (Å²) in [5.74, 6) is -0.172. The summed E-state index contributed by atoms with van der Waals surface area (Å²) >= 11 is 0. The Balaban J connectivity index is 1.87. The van der Waals surface area contributed by atoms with E-state index < -0.39 is 23.4 Å². The fourth-order valence-corrected chi connectivity index (χ4v) is 3.71. The number of Topliss-reactive ketones (excluding diaryl/α,β-unsaturated/α-hetero) is 2. The number of piperidine rings is 2. The third-order valence-corrected chi connectivity index (χ3v) is 5.56. The van der Waals surface area contributed by atoms with Crippen molar-refractivity contribution in [3.63, 3.8) is 0 Å². The van der Waals surface area contributed by atoms with Crippen LogP contribution in [0.2, 0.25) is 0 Å². The molecule has 0 aromatic carbocycles. The van der Waals surface area contributed by atoms with E-state index in [4.69, 9.17) is 9.47 Å². The first-order valence-corrected chi connectivity index (χ1v) is 10.8. The normalized spacial score (nSPS) is 23.4. The maximum atomic E-state index is 12.5. The van der Waals surface area contributed by atoms with E-state index in [0.717, 1.165) is 0 Å². The van der Waals surface area contributed by atoms with Gasteiger partial charge < -0.3 is 19.3 Å². The highest BCUT2D eigenvalue weighted by atomic mass is 16.6. The lowest BCUT2D eigenvalue weighted by atomic mass is 9.88. The zero-order chi connectivity index (χ0) is 22.7. The highest BCUT2D eigenvalue weighted by Gasteiger charge is 2.35. The molecule has 2 aliphatic heterocycles. The second-order valence-electron chi connectivity index (χ2n) is 10.1. The number of carbonyl (C=O) groups is 4. The van der Waals surface area contributed by atoms with Gasteiger partial charge in [-0.3, -0.25) is 9.59 Å². The van der Waals surface area contributed by atoms with Gasteiger partial charge in [-0.2, -0.15) is 0 Å². The molecule has 30 heavy (non-hydrogen) atoms. The van der Waals surface area contributed by atoms with Gasteiger partial charge in [0.05, 0.1) is 0 Å². The summed E-state index contributed by atoms with van der Waals surface area (Å²) in [7, 11) is 0. The van der Waals surface area contributed by atoms with E-state index in [1.54, 1.807) is 9.80 Å². The predicted octanol–water partition coefficient (Wildman–Crippen LogP) is 3.42. The molecule has 2 heterocycles. The topological polar surface area (TPSA) is 93.2 Å². The summed E-state index contributed by atoms with van der Waals surface area (Å²) < 4.78 is 11.1. The largest absolute Gasteiger partial charge is 0.444 e. The number of hydrogen-bond acceptors (Lipinski definition) is 6. The molecule has 0 aromatic rings. The Morgan fingerprint density at radius 2 is 1.43 bits per heavy atom. The van der Waals surface area contributed by atoms with Crippen molar-refractivity contribution in [3.8, 4) is 0 Å². The fraction of sp³-hybridized carbons (Fsp3) is 0.818. The maximum absolute atomic E-state index is 12.5. The van der Waals surface area contributed by atoms with Crippen LogP contribution in [0.3, 0.4) is 0 Å². The van der Waals surface area contributed by atoms with Crippen LogP contribution in [0, 0.1) is 11.8 Å². The monoisotopic (exact) mass is 424 g/mol. The van der Waals surface area contributed by atoms with Crippen molar-refractivity contribution in [2.45, 2.75) is 78.4 Å². The van der Waals surface area contributed by atoms with Crippen molar-refractivity contribution in [2.24, 2.45) is 11.8 Å². The molecule has 0 radical (unpaired) electrons. The number of ketones is 2. The predicted molar refractivity (Wildman–Crippen MR) is 111 cm³/mol. The molecule has 170 valence electrons. The summed E-state index contributed by atoms with van der Waals surface area (Å²) in [6, 6.07) is 0. The molecular weight excluding hydrogens is 388 g/mol. The molecule has 8 nitrogen and oxygen atoms in total. The number of rotatable bonds is 4. The van der Waals surface area contributed by atoms with Crippen LogP contribution in [-0.2, 0) is 19.1 Å². The Morgan fingerprint density at radius 1 is 0.900 bits per heavy atom. The van der Waals surface area contributed by atoms with Gasteiger partial charge in [-0.05, 0) is 47.5 Å². The number of ether oxygens (including phenoxy) is 2. The first-order valence-electron chi connectivity index (χ1n) is 10.8. The van der Waals surface area contributed by atoms with Gasteiger partial charge in [0, 0.05) is 50.9 Å². The summed E-state index contributed by atoms with van der Waals surface area (Å²) in [6.07, 6.45) is 0.856. The smallest absolute Gasteiger partial charge is 0.410 e. The average molecular weight is 425 g/mol. The third kappa shape index (κ3) is 6.99. The van der Waals surface area contributed by atoms with E-state index in [1.807, 2.05) is 41.5 Å². The van der Waals surface area contributed by atoms with E-state index in [9.17, 15) is 19.2 Å². The molecule has 2 atom stereocenters. The number of carbonyl (C=O) groups excluding carboxylic acids is 4.